The van der Waals surface area contributed by atoms with Crippen molar-refractivity contribution in [1.82, 2.24) is 0 Å². The molecule has 0 heterocycles. The van der Waals surface area contributed by atoms with Crippen LogP contribution in [0.5, 0.6) is 0 Å². The summed E-state index contributed by atoms with van der Waals surface area (Å²) in [5.74, 6) is 0.0811. The van der Waals surface area contributed by atoms with Crippen molar-refractivity contribution in [2.75, 3.05) is 0 Å². The van der Waals surface area contributed by atoms with Crippen LogP contribution < -0.4 is 0 Å². The molecule has 0 aliphatic carbocycles. The Morgan fingerprint density at radius 2 is 1.75 bits per heavy atom. The van der Waals surface area contributed by atoms with E-state index < -0.39 is 0 Å². The monoisotopic (exact) mass is 216 g/mol. The molecule has 1 nitrogen and oxygen atoms in total. The lowest BCUT2D eigenvalue weighted by Gasteiger charge is -2.10. The van der Waals surface area contributed by atoms with Crippen LogP contribution in [-0.2, 0) is 6.42 Å². The molecule has 86 valence electrons. The van der Waals surface area contributed by atoms with Gasteiger partial charge in [0.25, 0.3) is 0 Å². The number of hydrogen-bond donors (Lipinski definition) is 0. The van der Waals surface area contributed by atoms with Gasteiger partial charge in [0.1, 0.15) is 0 Å². The predicted molar refractivity (Wildman–Crippen MR) is 68.7 cm³/mol. The lowest BCUT2D eigenvalue weighted by Crippen LogP contribution is -2.02. The normalized spacial score (nSPS) is 12.0. The van der Waals surface area contributed by atoms with Crippen molar-refractivity contribution in [3.63, 3.8) is 0 Å². The summed E-state index contributed by atoms with van der Waals surface area (Å²) in [6, 6.07) is 7.82. The minimum atomic E-state index is 0.0546. The number of rotatable bonds is 3. The summed E-state index contributed by atoms with van der Waals surface area (Å²) in [4.78, 5) is 11.8. The van der Waals surface area contributed by atoms with Crippen LogP contribution in [0.25, 0.3) is 0 Å². The van der Waals surface area contributed by atoms with Crippen LogP contribution in [0, 0.1) is 5.41 Å². The minimum Gasteiger partial charge on any atom is -0.289 e. The van der Waals surface area contributed by atoms with E-state index in [-0.39, 0.29) is 11.2 Å². The molecule has 0 aliphatic rings. The smallest absolute Gasteiger partial charge is 0.185 e. The predicted octanol–water partition coefficient (Wildman–Crippen LogP) is 4.03. The standard InChI is InChI=1S/C15H20O/c1-5-12-6-8-13(9-7-12)14(16)10-11-15(2,3)4/h6-11H,5H2,1-4H3. The highest BCUT2D eigenvalue weighted by Crippen LogP contribution is 2.15. The molecule has 1 rings (SSSR count). The number of hydrogen-bond acceptors (Lipinski definition) is 1. The van der Waals surface area contributed by atoms with Gasteiger partial charge in [-0.1, -0.05) is 58.0 Å². The Morgan fingerprint density at radius 3 is 2.19 bits per heavy atom. The van der Waals surface area contributed by atoms with E-state index in [1.165, 1.54) is 5.56 Å². The summed E-state index contributed by atoms with van der Waals surface area (Å²) in [5, 5.41) is 0. The summed E-state index contributed by atoms with van der Waals surface area (Å²) in [6.07, 6.45) is 4.62. The number of ketones is 1. The fraction of sp³-hybridized carbons (Fsp3) is 0.400. The highest BCUT2D eigenvalue weighted by molar-refractivity contribution is 6.04. The van der Waals surface area contributed by atoms with Crippen molar-refractivity contribution in [3.8, 4) is 0 Å². The lowest BCUT2D eigenvalue weighted by molar-refractivity contribution is 0.104. The molecule has 1 aromatic rings. The van der Waals surface area contributed by atoms with E-state index in [2.05, 4.69) is 27.7 Å². The van der Waals surface area contributed by atoms with Gasteiger partial charge in [-0.05, 0) is 23.5 Å². The summed E-state index contributed by atoms with van der Waals surface area (Å²) < 4.78 is 0. The summed E-state index contributed by atoms with van der Waals surface area (Å²) in [5.41, 5.74) is 2.08. The lowest BCUT2D eigenvalue weighted by atomic mass is 9.95. The van der Waals surface area contributed by atoms with Crippen molar-refractivity contribution in [3.05, 3.63) is 47.5 Å². The van der Waals surface area contributed by atoms with E-state index in [1.54, 1.807) is 6.08 Å². The molecule has 0 radical (unpaired) electrons. The SMILES string of the molecule is CCc1ccc(C(=O)C=CC(C)(C)C)cc1. The van der Waals surface area contributed by atoms with Gasteiger partial charge in [-0.3, -0.25) is 4.79 Å². The van der Waals surface area contributed by atoms with Crippen LogP contribution in [0.3, 0.4) is 0 Å². The first kappa shape index (κ1) is 12.7. The van der Waals surface area contributed by atoms with E-state index in [4.69, 9.17) is 0 Å². The van der Waals surface area contributed by atoms with Crippen molar-refractivity contribution in [1.29, 1.82) is 0 Å². The van der Waals surface area contributed by atoms with Crippen LogP contribution >= 0.6 is 0 Å². The maximum atomic E-state index is 11.8. The van der Waals surface area contributed by atoms with E-state index in [0.717, 1.165) is 12.0 Å². The zero-order chi connectivity index (χ0) is 12.2. The summed E-state index contributed by atoms with van der Waals surface area (Å²) in [7, 11) is 0. The van der Waals surface area contributed by atoms with Crippen LogP contribution in [0.15, 0.2) is 36.4 Å². The molecule has 0 fully saturated rings. The zero-order valence-electron chi connectivity index (χ0n) is 10.6. The van der Waals surface area contributed by atoms with Gasteiger partial charge >= 0.3 is 0 Å². The van der Waals surface area contributed by atoms with Gasteiger partial charge in [0, 0.05) is 5.56 Å². The molecule has 0 aromatic heterocycles. The third-order valence-electron chi connectivity index (χ3n) is 2.38. The Labute approximate surface area is 98.2 Å². The molecule has 16 heavy (non-hydrogen) atoms. The van der Waals surface area contributed by atoms with Gasteiger partial charge in [-0.25, -0.2) is 0 Å². The first-order valence-corrected chi connectivity index (χ1v) is 5.75. The number of allylic oxidation sites excluding steroid dienone is 2. The number of carbonyl (C=O) groups is 1. The molecule has 1 aromatic carbocycles. The van der Waals surface area contributed by atoms with Crippen molar-refractivity contribution >= 4 is 5.78 Å². The quantitative estimate of drug-likeness (QED) is 0.550. The minimum absolute atomic E-state index is 0.0546. The molecule has 0 aliphatic heterocycles. The average molecular weight is 216 g/mol. The molecule has 0 spiro atoms. The molecular weight excluding hydrogens is 196 g/mol. The molecule has 0 bridgehead atoms. The second kappa shape index (κ2) is 5.11. The first-order chi connectivity index (χ1) is 7.42. The van der Waals surface area contributed by atoms with E-state index in [1.807, 2.05) is 30.3 Å². The van der Waals surface area contributed by atoms with E-state index in [0.29, 0.717) is 0 Å². The van der Waals surface area contributed by atoms with Gasteiger partial charge in [0.15, 0.2) is 5.78 Å². The summed E-state index contributed by atoms with van der Waals surface area (Å²) >= 11 is 0. The Morgan fingerprint density at radius 1 is 1.19 bits per heavy atom. The third-order valence-corrected chi connectivity index (χ3v) is 2.38. The topological polar surface area (TPSA) is 17.1 Å². The zero-order valence-corrected chi connectivity index (χ0v) is 10.6. The largest absolute Gasteiger partial charge is 0.289 e. The molecule has 0 saturated heterocycles. The van der Waals surface area contributed by atoms with Gasteiger partial charge in [-0.15, -0.1) is 0 Å². The number of aryl methyl sites for hydroxylation is 1. The average Bonchev–Trinajstić information content (AvgIpc) is 2.25. The first-order valence-electron chi connectivity index (χ1n) is 5.75. The Kier molecular flexibility index (Phi) is 4.05. The van der Waals surface area contributed by atoms with Crippen LogP contribution in [0.2, 0.25) is 0 Å². The van der Waals surface area contributed by atoms with Crippen molar-refractivity contribution in [2.24, 2.45) is 5.41 Å². The van der Waals surface area contributed by atoms with Gasteiger partial charge < -0.3 is 0 Å². The van der Waals surface area contributed by atoms with Crippen molar-refractivity contribution < 1.29 is 4.79 Å². The van der Waals surface area contributed by atoms with E-state index in [9.17, 15) is 4.79 Å². The molecule has 1 heteroatoms. The molecule has 0 saturated carbocycles. The van der Waals surface area contributed by atoms with Crippen LogP contribution in [0.1, 0.15) is 43.6 Å². The van der Waals surface area contributed by atoms with Gasteiger partial charge in [0.05, 0.1) is 0 Å². The van der Waals surface area contributed by atoms with Crippen LogP contribution in [0.4, 0.5) is 0 Å². The Balaban J connectivity index is 2.77. The fourth-order valence-corrected chi connectivity index (χ4v) is 1.33. The maximum Gasteiger partial charge on any atom is 0.185 e. The molecule has 0 N–H and O–H groups in total. The molecule has 0 atom stereocenters. The third kappa shape index (κ3) is 4.01. The second-order valence-electron chi connectivity index (χ2n) is 5.11. The van der Waals surface area contributed by atoms with Gasteiger partial charge in [-0.2, -0.15) is 0 Å². The highest BCUT2D eigenvalue weighted by atomic mass is 16.1. The Bertz CT molecular complexity index is 377. The maximum absolute atomic E-state index is 11.8. The molecule has 0 amide bonds. The second-order valence-corrected chi connectivity index (χ2v) is 5.11. The van der Waals surface area contributed by atoms with Gasteiger partial charge in [0.2, 0.25) is 0 Å². The Hall–Kier alpha value is -1.37. The van der Waals surface area contributed by atoms with E-state index >= 15 is 0 Å². The molecular formula is C15H20O. The molecule has 0 unspecified atom stereocenters. The summed E-state index contributed by atoms with van der Waals surface area (Å²) in [6.45, 7) is 8.35. The number of carbonyl (C=O) groups excluding carboxylic acids is 1. The number of benzene rings is 1. The van der Waals surface area contributed by atoms with Crippen molar-refractivity contribution in [2.45, 2.75) is 34.1 Å². The fourth-order valence-electron chi connectivity index (χ4n) is 1.33. The highest BCUT2D eigenvalue weighted by Gasteiger charge is 2.06. The van der Waals surface area contributed by atoms with Crippen LogP contribution in [-0.4, -0.2) is 5.78 Å².